The molecule has 0 saturated heterocycles. The molecule has 1 saturated carbocycles. The molecule has 13 heavy (non-hydrogen) atoms. The summed E-state index contributed by atoms with van der Waals surface area (Å²) in [7, 11) is 0. The third kappa shape index (κ3) is 1.53. The first-order valence-electron chi connectivity index (χ1n) is 4.77. The van der Waals surface area contributed by atoms with Gasteiger partial charge in [0.25, 0.3) is 0 Å². The normalized spacial score (nSPS) is 34.9. The number of carbonyl (C=O) groups is 1. The number of rotatable bonds is 3. The van der Waals surface area contributed by atoms with Gasteiger partial charge in [-0.1, -0.05) is 24.8 Å². The highest BCUT2D eigenvalue weighted by Crippen LogP contribution is 2.43. The summed E-state index contributed by atoms with van der Waals surface area (Å²) in [6.45, 7) is 3.86. The van der Waals surface area contributed by atoms with Crippen molar-refractivity contribution in [1.82, 2.24) is 0 Å². The van der Waals surface area contributed by atoms with E-state index in [1.165, 1.54) is 0 Å². The molecule has 2 nitrogen and oxygen atoms in total. The molecular formula is C11H14O2. The molecule has 0 aromatic carbocycles. The lowest BCUT2D eigenvalue weighted by Gasteiger charge is -2.15. The molecule has 0 radical (unpaired) electrons. The Hall–Kier alpha value is -1.05. The predicted molar refractivity (Wildman–Crippen MR) is 50.0 cm³/mol. The van der Waals surface area contributed by atoms with E-state index in [0.29, 0.717) is 18.4 Å². The minimum absolute atomic E-state index is 0.0447. The van der Waals surface area contributed by atoms with Gasteiger partial charge in [-0.2, -0.15) is 0 Å². The van der Waals surface area contributed by atoms with Crippen LogP contribution in [0.3, 0.4) is 0 Å². The molecule has 0 heterocycles. The summed E-state index contributed by atoms with van der Waals surface area (Å²) >= 11 is 0. The lowest BCUT2D eigenvalue weighted by Crippen LogP contribution is -2.21. The Kier molecular flexibility index (Phi) is 2.21. The number of hydrogen-bond acceptors (Lipinski definition) is 2. The standard InChI is InChI=1S/C11H14O2/c1-2-5-13-11(12)10-7-8-3-4-9(10)6-8/h2-4,8-10H,1,5-7H2. The summed E-state index contributed by atoms with van der Waals surface area (Å²) < 4.78 is 5.04. The smallest absolute Gasteiger partial charge is 0.309 e. The number of carbonyl (C=O) groups excluding carboxylic acids is 1. The van der Waals surface area contributed by atoms with Gasteiger partial charge in [0.15, 0.2) is 0 Å². The van der Waals surface area contributed by atoms with Crippen LogP contribution in [0, 0.1) is 17.8 Å². The van der Waals surface area contributed by atoms with Crippen molar-refractivity contribution in [2.75, 3.05) is 6.61 Å². The maximum absolute atomic E-state index is 11.5. The van der Waals surface area contributed by atoms with E-state index in [1.54, 1.807) is 6.08 Å². The van der Waals surface area contributed by atoms with Gasteiger partial charge in [-0.15, -0.1) is 0 Å². The van der Waals surface area contributed by atoms with Crippen LogP contribution in [-0.4, -0.2) is 12.6 Å². The molecule has 0 N–H and O–H groups in total. The zero-order valence-corrected chi connectivity index (χ0v) is 7.61. The zero-order valence-electron chi connectivity index (χ0n) is 7.61. The Morgan fingerprint density at radius 2 is 2.38 bits per heavy atom. The fourth-order valence-corrected chi connectivity index (χ4v) is 2.30. The van der Waals surface area contributed by atoms with Crippen molar-refractivity contribution in [1.29, 1.82) is 0 Å². The summed E-state index contributed by atoms with van der Waals surface area (Å²) in [5.74, 6) is 1.15. The highest BCUT2D eigenvalue weighted by molar-refractivity contribution is 5.74. The van der Waals surface area contributed by atoms with E-state index in [-0.39, 0.29) is 11.9 Å². The first-order chi connectivity index (χ1) is 6.31. The van der Waals surface area contributed by atoms with E-state index in [0.717, 1.165) is 12.8 Å². The van der Waals surface area contributed by atoms with Crippen molar-refractivity contribution in [2.24, 2.45) is 17.8 Å². The highest BCUT2D eigenvalue weighted by Gasteiger charge is 2.40. The summed E-state index contributed by atoms with van der Waals surface area (Å²) in [6.07, 6.45) is 8.13. The van der Waals surface area contributed by atoms with Gasteiger partial charge >= 0.3 is 5.97 Å². The van der Waals surface area contributed by atoms with E-state index >= 15 is 0 Å². The topological polar surface area (TPSA) is 26.3 Å². The van der Waals surface area contributed by atoms with Gasteiger partial charge in [-0.25, -0.2) is 0 Å². The fourth-order valence-electron chi connectivity index (χ4n) is 2.30. The average molecular weight is 178 g/mol. The average Bonchev–Trinajstić information content (AvgIpc) is 2.74. The molecule has 2 aliphatic carbocycles. The highest BCUT2D eigenvalue weighted by atomic mass is 16.5. The van der Waals surface area contributed by atoms with Crippen LogP contribution >= 0.6 is 0 Å². The summed E-state index contributed by atoms with van der Waals surface area (Å²) in [5.41, 5.74) is 0. The molecule has 1 fully saturated rings. The Balaban J connectivity index is 1.91. The van der Waals surface area contributed by atoms with Crippen LogP contribution in [0.5, 0.6) is 0 Å². The summed E-state index contributed by atoms with van der Waals surface area (Å²) in [6, 6.07) is 0. The molecule has 2 rings (SSSR count). The molecule has 70 valence electrons. The second-order valence-electron chi connectivity index (χ2n) is 3.81. The molecule has 0 aliphatic heterocycles. The molecule has 0 aromatic heterocycles. The van der Waals surface area contributed by atoms with E-state index in [1.807, 2.05) is 0 Å². The van der Waals surface area contributed by atoms with Gasteiger partial charge in [-0.05, 0) is 24.7 Å². The second kappa shape index (κ2) is 3.36. The van der Waals surface area contributed by atoms with Gasteiger partial charge in [0.1, 0.15) is 6.61 Å². The van der Waals surface area contributed by atoms with Crippen LogP contribution in [0.25, 0.3) is 0 Å². The minimum Gasteiger partial charge on any atom is -0.461 e. The quantitative estimate of drug-likeness (QED) is 0.487. The van der Waals surface area contributed by atoms with Crippen molar-refractivity contribution >= 4 is 5.97 Å². The van der Waals surface area contributed by atoms with E-state index in [9.17, 15) is 4.79 Å². The minimum atomic E-state index is -0.0447. The maximum Gasteiger partial charge on any atom is 0.309 e. The van der Waals surface area contributed by atoms with Crippen LogP contribution in [0.1, 0.15) is 12.8 Å². The molecule has 2 aliphatic rings. The van der Waals surface area contributed by atoms with Crippen molar-refractivity contribution in [3.63, 3.8) is 0 Å². The van der Waals surface area contributed by atoms with Crippen molar-refractivity contribution in [3.8, 4) is 0 Å². The van der Waals surface area contributed by atoms with Gasteiger partial charge in [0.2, 0.25) is 0 Å². The number of fused-ring (bicyclic) bond motifs is 2. The van der Waals surface area contributed by atoms with Gasteiger partial charge in [0, 0.05) is 0 Å². The summed E-state index contributed by atoms with van der Waals surface area (Å²) in [5, 5.41) is 0. The number of hydrogen-bond donors (Lipinski definition) is 0. The van der Waals surface area contributed by atoms with E-state index in [4.69, 9.17) is 4.74 Å². The third-order valence-electron chi connectivity index (χ3n) is 2.93. The third-order valence-corrected chi connectivity index (χ3v) is 2.93. The molecule has 0 amide bonds. The molecule has 0 spiro atoms. The van der Waals surface area contributed by atoms with Crippen molar-refractivity contribution in [2.45, 2.75) is 12.8 Å². The Morgan fingerprint density at radius 1 is 1.54 bits per heavy atom. The van der Waals surface area contributed by atoms with Gasteiger partial charge in [-0.3, -0.25) is 4.79 Å². The Labute approximate surface area is 78.3 Å². The molecule has 3 unspecified atom stereocenters. The van der Waals surface area contributed by atoms with Crippen molar-refractivity contribution < 1.29 is 9.53 Å². The first kappa shape index (κ1) is 8.54. The van der Waals surface area contributed by atoms with E-state index < -0.39 is 0 Å². The molecule has 0 aromatic rings. The monoisotopic (exact) mass is 178 g/mol. The van der Waals surface area contributed by atoms with Gasteiger partial charge < -0.3 is 4.74 Å². The van der Waals surface area contributed by atoms with Crippen LogP contribution in [0.15, 0.2) is 24.8 Å². The van der Waals surface area contributed by atoms with Crippen LogP contribution < -0.4 is 0 Å². The number of esters is 1. The zero-order chi connectivity index (χ0) is 9.26. The molecule has 3 atom stereocenters. The van der Waals surface area contributed by atoms with E-state index in [2.05, 4.69) is 18.7 Å². The largest absolute Gasteiger partial charge is 0.461 e. The van der Waals surface area contributed by atoms with Crippen LogP contribution in [0.4, 0.5) is 0 Å². The lowest BCUT2D eigenvalue weighted by molar-refractivity contribution is -0.148. The second-order valence-corrected chi connectivity index (χ2v) is 3.81. The molecule has 2 bridgehead atoms. The van der Waals surface area contributed by atoms with Crippen LogP contribution in [0.2, 0.25) is 0 Å². The number of allylic oxidation sites excluding steroid dienone is 2. The summed E-state index contributed by atoms with van der Waals surface area (Å²) in [4.78, 5) is 11.5. The predicted octanol–water partition coefficient (Wildman–Crippen LogP) is 1.93. The first-order valence-corrected chi connectivity index (χ1v) is 4.77. The van der Waals surface area contributed by atoms with Crippen LogP contribution in [-0.2, 0) is 9.53 Å². The van der Waals surface area contributed by atoms with Gasteiger partial charge in [0.05, 0.1) is 5.92 Å². The van der Waals surface area contributed by atoms with Crippen molar-refractivity contribution in [3.05, 3.63) is 24.8 Å². The number of ether oxygens (including phenoxy) is 1. The Morgan fingerprint density at radius 3 is 2.92 bits per heavy atom. The SMILES string of the molecule is C=CCOC(=O)C1CC2C=CC1C2. The molecule has 2 heteroatoms. The Bertz CT molecular complexity index is 255. The maximum atomic E-state index is 11.5. The molecular weight excluding hydrogens is 164 g/mol. The lowest BCUT2D eigenvalue weighted by atomic mass is 9.94. The fraction of sp³-hybridized carbons (Fsp3) is 0.545.